The molecule has 0 bridgehead atoms. The number of amides is 2. The molecule has 0 radical (unpaired) electrons. The number of rotatable bonds is 4. The maximum Gasteiger partial charge on any atom is 0.451 e. The van der Waals surface area contributed by atoms with E-state index >= 15 is 0 Å². The number of hydrogen-bond acceptors (Lipinski definition) is 6. The molecule has 14 heteroatoms. The van der Waals surface area contributed by atoms with Gasteiger partial charge in [0.25, 0.3) is 0 Å². The normalized spacial score (nSPS) is 17.9. The first kappa shape index (κ1) is 30.8. The topological polar surface area (TPSA) is 97.3 Å². The summed E-state index contributed by atoms with van der Waals surface area (Å²) in [6.07, 6.45) is -5.05. The molecule has 3 rings (SSSR count). The average molecular weight is 550 g/mol. The third-order valence-corrected chi connectivity index (χ3v) is 5.43. The van der Waals surface area contributed by atoms with E-state index in [0.717, 1.165) is 31.3 Å². The number of likely N-dealkylation sites (tertiary alicyclic amines) is 1. The van der Waals surface area contributed by atoms with Crippen LogP contribution >= 0.6 is 0 Å². The zero-order chi connectivity index (χ0) is 28.9. The Morgan fingerprint density at radius 2 is 1.55 bits per heavy atom. The molecular formula is C24H29F6N5O3. The van der Waals surface area contributed by atoms with Crippen LogP contribution in [0.25, 0.3) is 11.3 Å². The predicted molar refractivity (Wildman–Crippen MR) is 124 cm³/mol. The Hall–Kier alpha value is -3.45. The SMILES string of the molecule is CC1CCC(C)N1C(=O)OC(C)(C)C.O=CNCc1cc(-c2cnc(C(F)(F)F)nc2)ncc1C(F)(F)F. The molecule has 0 saturated carbocycles. The highest BCUT2D eigenvalue weighted by atomic mass is 19.4. The maximum atomic E-state index is 12.9. The first-order valence-electron chi connectivity index (χ1n) is 11.6. The number of hydrogen-bond donors (Lipinski definition) is 1. The van der Waals surface area contributed by atoms with Gasteiger partial charge in [0.05, 0.1) is 11.3 Å². The lowest BCUT2D eigenvalue weighted by Crippen LogP contribution is -2.42. The highest BCUT2D eigenvalue weighted by Gasteiger charge is 2.36. The summed E-state index contributed by atoms with van der Waals surface area (Å²) >= 11 is 0. The fourth-order valence-corrected chi connectivity index (χ4v) is 3.68. The average Bonchev–Trinajstić information content (AvgIpc) is 3.13. The van der Waals surface area contributed by atoms with Crippen molar-refractivity contribution >= 4 is 12.5 Å². The second kappa shape index (κ2) is 11.9. The first-order chi connectivity index (χ1) is 17.4. The van der Waals surface area contributed by atoms with Crippen LogP contribution in [0.4, 0.5) is 31.1 Å². The molecule has 2 amide bonds. The highest BCUT2D eigenvalue weighted by molar-refractivity contribution is 5.69. The van der Waals surface area contributed by atoms with Crippen LogP contribution in [0.2, 0.25) is 0 Å². The zero-order valence-corrected chi connectivity index (χ0v) is 21.4. The summed E-state index contributed by atoms with van der Waals surface area (Å²) in [7, 11) is 0. The molecular weight excluding hydrogens is 520 g/mol. The summed E-state index contributed by atoms with van der Waals surface area (Å²) in [4.78, 5) is 33.7. The molecule has 0 aliphatic carbocycles. The van der Waals surface area contributed by atoms with Gasteiger partial charge < -0.3 is 15.0 Å². The number of nitrogens with zero attached hydrogens (tertiary/aromatic N) is 4. The summed E-state index contributed by atoms with van der Waals surface area (Å²) in [5.41, 5.74) is -1.80. The van der Waals surface area contributed by atoms with E-state index in [1.54, 1.807) is 0 Å². The van der Waals surface area contributed by atoms with Gasteiger partial charge in [0.15, 0.2) is 0 Å². The van der Waals surface area contributed by atoms with E-state index in [9.17, 15) is 35.9 Å². The number of alkyl halides is 6. The molecule has 3 heterocycles. The summed E-state index contributed by atoms with van der Waals surface area (Å²) in [6.45, 7) is 9.43. The van der Waals surface area contributed by atoms with Crippen molar-refractivity contribution in [1.82, 2.24) is 25.2 Å². The van der Waals surface area contributed by atoms with E-state index in [2.05, 4.69) is 34.1 Å². The van der Waals surface area contributed by atoms with E-state index in [1.807, 2.05) is 25.7 Å². The van der Waals surface area contributed by atoms with Gasteiger partial charge in [-0.05, 0) is 59.1 Å². The molecule has 1 aliphatic rings. The Morgan fingerprint density at radius 3 is 2.00 bits per heavy atom. The van der Waals surface area contributed by atoms with Gasteiger partial charge in [0, 0.05) is 42.8 Å². The van der Waals surface area contributed by atoms with E-state index in [1.165, 1.54) is 0 Å². The summed E-state index contributed by atoms with van der Waals surface area (Å²) in [6, 6.07) is 1.64. The Kier molecular flexibility index (Phi) is 9.67. The third kappa shape index (κ3) is 8.55. The first-order valence-corrected chi connectivity index (χ1v) is 11.6. The Bertz CT molecular complexity index is 1090. The number of halogens is 6. The second-order valence-electron chi connectivity index (χ2n) is 9.68. The monoisotopic (exact) mass is 549 g/mol. The smallest absolute Gasteiger partial charge is 0.444 e. The molecule has 8 nitrogen and oxygen atoms in total. The molecule has 2 aromatic rings. The van der Waals surface area contributed by atoms with Crippen molar-refractivity contribution in [2.75, 3.05) is 0 Å². The minimum atomic E-state index is -4.73. The summed E-state index contributed by atoms with van der Waals surface area (Å²) in [5, 5.41) is 2.10. The Labute approximate surface area is 215 Å². The maximum absolute atomic E-state index is 12.9. The Balaban J connectivity index is 0.000000308. The van der Waals surface area contributed by atoms with Gasteiger partial charge in [-0.25, -0.2) is 14.8 Å². The van der Waals surface area contributed by atoms with Gasteiger partial charge in [-0.3, -0.25) is 9.78 Å². The van der Waals surface area contributed by atoms with Gasteiger partial charge in [0.2, 0.25) is 12.2 Å². The molecule has 2 atom stereocenters. The van der Waals surface area contributed by atoms with Crippen molar-refractivity contribution in [1.29, 1.82) is 0 Å². The van der Waals surface area contributed by atoms with Crippen molar-refractivity contribution in [2.24, 2.45) is 0 Å². The van der Waals surface area contributed by atoms with Gasteiger partial charge in [0.1, 0.15) is 5.60 Å². The fourth-order valence-electron chi connectivity index (χ4n) is 3.68. The molecule has 1 N–H and O–H groups in total. The van der Waals surface area contributed by atoms with E-state index in [0.29, 0.717) is 18.3 Å². The minimum absolute atomic E-state index is 0.00378. The number of carbonyl (C=O) groups excluding carboxylic acids is 2. The molecule has 1 fully saturated rings. The van der Waals surface area contributed by atoms with Gasteiger partial charge >= 0.3 is 18.4 Å². The van der Waals surface area contributed by atoms with Crippen molar-refractivity contribution in [3.63, 3.8) is 0 Å². The van der Waals surface area contributed by atoms with Crippen LogP contribution in [0.1, 0.15) is 64.4 Å². The zero-order valence-electron chi connectivity index (χ0n) is 21.4. The lowest BCUT2D eigenvalue weighted by atomic mass is 10.1. The van der Waals surface area contributed by atoms with Crippen molar-refractivity contribution in [3.8, 4) is 11.3 Å². The van der Waals surface area contributed by atoms with Crippen LogP contribution in [-0.2, 0) is 28.4 Å². The van der Waals surface area contributed by atoms with Crippen molar-refractivity contribution < 1.29 is 40.7 Å². The quantitative estimate of drug-likeness (QED) is 0.393. The Morgan fingerprint density at radius 1 is 1.00 bits per heavy atom. The van der Waals surface area contributed by atoms with Crippen LogP contribution in [0.15, 0.2) is 24.7 Å². The van der Waals surface area contributed by atoms with E-state index in [4.69, 9.17) is 4.74 Å². The lowest BCUT2D eigenvalue weighted by molar-refractivity contribution is -0.145. The molecule has 210 valence electrons. The summed E-state index contributed by atoms with van der Waals surface area (Å²) < 4.78 is 81.2. The molecule has 0 spiro atoms. The third-order valence-electron chi connectivity index (χ3n) is 5.43. The van der Waals surface area contributed by atoms with Crippen LogP contribution in [0.3, 0.4) is 0 Å². The number of ether oxygens (including phenoxy) is 1. The standard InChI is InChI=1S/C13H8F6N4O.C11H21NO2/c14-12(15,16)9-5-21-10(1-7(9)2-20-6-24)8-3-22-11(23-4-8)13(17,18)19;1-8-6-7-9(2)12(8)10(13)14-11(3,4)5/h1,3-6H,2H2,(H,20,24);8-9H,6-7H2,1-5H3. The molecule has 1 aliphatic heterocycles. The van der Waals surface area contributed by atoms with Crippen LogP contribution in [-0.4, -0.2) is 50.0 Å². The predicted octanol–water partition coefficient (Wildman–Crippen LogP) is 5.62. The fraction of sp³-hybridized carbons (Fsp3) is 0.542. The van der Waals surface area contributed by atoms with E-state index in [-0.39, 0.29) is 34.9 Å². The van der Waals surface area contributed by atoms with Crippen molar-refractivity contribution in [3.05, 3.63) is 41.6 Å². The van der Waals surface area contributed by atoms with Gasteiger partial charge in [-0.15, -0.1) is 0 Å². The second-order valence-corrected chi connectivity index (χ2v) is 9.68. The lowest BCUT2D eigenvalue weighted by Gasteiger charge is -2.29. The largest absolute Gasteiger partial charge is 0.451 e. The molecule has 2 unspecified atom stereocenters. The number of carbonyl (C=O) groups is 2. The van der Waals surface area contributed by atoms with Gasteiger partial charge in [-0.2, -0.15) is 26.3 Å². The van der Waals surface area contributed by atoms with Crippen LogP contribution in [0.5, 0.6) is 0 Å². The van der Waals surface area contributed by atoms with Crippen LogP contribution in [0, 0.1) is 0 Å². The van der Waals surface area contributed by atoms with Gasteiger partial charge in [-0.1, -0.05) is 0 Å². The van der Waals surface area contributed by atoms with E-state index < -0.39 is 30.3 Å². The minimum Gasteiger partial charge on any atom is -0.444 e. The molecule has 1 saturated heterocycles. The summed E-state index contributed by atoms with van der Waals surface area (Å²) in [5.74, 6) is -1.37. The highest BCUT2D eigenvalue weighted by Crippen LogP contribution is 2.33. The molecule has 2 aromatic heterocycles. The van der Waals surface area contributed by atoms with Crippen molar-refractivity contribution in [2.45, 2.75) is 84.0 Å². The number of nitrogens with one attached hydrogen (secondary N) is 1. The molecule has 0 aromatic carbocycles. The number of pyridine rings is 1. The van der Waals surface area contributed by atoms with Crippen LogP contribution < -0.4 is 5.32 Å². The molecule has 38 heavy (non-hydrogen) atoms. The number of aromatic nitrogens is 3.